The maximum atomic E-state index is 12.9. The highest BCUT2D eigenvalue weighted by Crippen LogP contribution is 2.33. The average molecular weight is 394 g/mol. The molecular formula is C22H22N2O5. The molecular weight excluding hydrogens is 372 g/mol. The predicted molar refractivity (Wildman–Crippen MR) is 109 cm³/mol. The van der Waals surface area contributed by atoms with Crippen molar-refractivity contribution >= 4 is 17.5 Å². The van der Waals surface area contributed by atoms with Crippen molar-refractivity contribution in [3.05, 3.63) is 77.2 Å². The van der Waals surface area contributed by atoms with E-state index < -0.39 is 5.91 Å². The van der Waals surface area contributed by atoms with Crippen molar-refractivity contribution in [1.82, 2.24) is 5.32 Å². The highest BCUT2D eigenvalue weighted by atomic mass is 16.5. The van der Waals surface area contributed by atoms with Gasteiger partial charge in [-0.25, -0.2) is 0 Å². The molecule has 0 aliphatic carbocycles. The minimum absolute atomic E-state index is 0.130. The van der Waals surface area contributed by atoms with Crippen molar-refractivity contribution in [2.45, 2.75) is 13.5 Å². The van der Waals surface area contributed by atoms with Gasteiger partial charge in [-0.15, -0.1) is 0 Å². The molecule has 2 amide bonds. The molecule has 1 aromatic heterocycles. The van der Waals surface area contributed by atoms with E-state index >= 15 is 0 Å². The fourth-order valence-electron chi connectivity index (χ4n) is 2.75. The molecule has 3 rings (SSSR count). The summed E-state index contributed by atoms with van der Waals surface area (Å²) in [6, 6.07) is 14.1. The van der Waals surface area contributed by atoms with Gasteiger partial charge in [0.1, 0.15) is 0 Å². The topological polar surface area (TPSA) is 89.8 Å². The number of furan rings is 1. The van der Waals surface area contributed by atoms with Crippen LogP contribution in [0, 0.1) is 6.92 Å². The summed E-state index contributed by atoms with van der Waals surface area (Å²) in [5, 5.41) is 5.56. The van der Waals surface area contributed by atoms with Crippen LogP contribution in [0.25, 0.3) is 0 Å². The van der Waals surface area contributed by atoms with Gasteiger partial charge < -0.3 is 24.5 Å². The standard InChI is InChI=1S/C22H22N2O5/c1-14-6-8-15(9-7-14)13-23-21(25)16-11-19(27-2)20(28-3)12-17(16)24-22(26)18-5-4-10-29-18/h4-12H,13H2,1-3H3,(H,23,25)(H,24,26). The van der Waals surface area contributed by atoms with Crippen molar-refractivity contribution in [2.75, 3.05) is 19.5 Å². The van der Waals surface area contributed by atoms with Gasteiger partial charge in [-0.3, -0.25) is 9.59 Å². The lowest BCUT2D eigenvalue weighted by atomic mass is 10.1. The van der Waals surface area contributed by atoms with Crippen LogP contribution in [0.1, 0.15) is 32.0 Å². The summed E-state index contributed by atoms with van der Waals surface area (Å²) in [5.41, 5.74) is 2.63. The average Bonchev–Trinajstić information content (AvgIpc) is 3.28. The first-order valence-corrected chi connectivity index (χ1v) is 8.96. The Kier molecular flexibility index (Phi) is 6.19. The van der Waals surface area contributed by atoms with Crippen LogP contribution < -0.4 is 20.1 Å². The van der Waals surface area contributed by atoms with Gasteiger partial charge in [0.15, 0.2) is 17.3 Å². The number of nitrogens with one attached hydrogen (secondary N) is 2. The molecule has 0 bridgehead atoms. The quantitative estimate of drug-likeness (QED) is 0.636. The summed E-state index contributed by atoms with van der Waals surface area (Å²) in [6.45, 7) is 2.35. The third-order valence-corrected chi connectivity index (χ3v) is 4.34. The van der Waals surface area contributed by atoms with Gasteiger partial charge in [0.25, 0.3) is 11.8 Å². The number of benzene rings is 2. The summed E-state index contributed by atoms with van der Waals surface area (Å²) in [7, 11) is 2.96. The zero-order valence-corrected chi connectivity index (χ0v) is 16.4. The Balaban J connectivity index is 1.86. The second kappa shape index (κ2) is 8.97. The number of rotatable bonds is 7. The molecule has 0 fully saturated rings. The molecule has 0 radical (unpaired) electrons. The number of hydrogen-bond acceptors (Lipinski definition) is 5. The first kappa shape index (κ1) is 20.0. The second-order valence-electron chi connectivity index (χ2n) is 6.35. The van der Waals surface area contributed by atoms with Gasteiger partial charge in [-0.2, -0.15) is 0 Å². The summed E-state index contributed by atoms with van der Waals surface area (Å²) in [4.78, 5) is 25.3. The third-order valence-electron chi connectivity index (χ3n) is 4.34. The summed E-state index contributed by atoms with van der Waals surface area (Å²) in [5.74, 6) is 0.0585. The number of ether oxygens (including phenoxy) is 2. The largest absolute Gasteiger partial charge is 0.493 e. The summed E-state index contributed by atoms with van der Waals surface area (Å²) < 4.78 is 15.7. The first-order chi connectivity index (χ1) is 14.0. The highest BCUT2D eigenvalue weighted by molar-refractivity contribution is 6.08. The number of anilines is 1. The Hall–Kier alpha value is -3.74. The molecule has 0 atom stereocenters. The van der Waals surface area contributed by atoms with Crippen LogP contribution in [0.3, 0.4) is 0 Å². The SMILES string of the molecule is COc1cc(NC(=O)c2ccco2)c(C(=O)NCc2ccc(C)cc2)cc1OC. The number of hydrogen-bond donors (Lipinski definition) is 2. The molecule has 0 saturated heterocycles. The van der Waals surface area contributed by atoms with Crippen LogP contribution in [0.2, 0.25) is 0 Å². The van der Waals surface area contributed by atoms with Crippen LogP contribution in [0.5, 0.6) is 11.5 Å². The molecule has 29 heavy (non-hydrogen) atoms. The Morgan fingerprint density at radius 2 is 1.66 bits per heavy atom. The fraction of sp³-hybridized carbons (Fsp3) is 0.182. The molecule has 1 heterocycles. The van der Waals surface area contributed by atoms with Crippen molar-refractivity contribution in [1.29, 1.82) is 0 Å². The van der Waals surface area contributed by atoms with Gasteiger partial charge >= 0.3 is 0 Å². The molecule has 0 spiro atoms. The van der Waals surface area contributed by atoms with E-state index in [2.05, 4.69) is 10.6 Å². The van der Waals surface area contributed by atoms with E-state index in [1.54, 1.807) is 12.1 Å². The lowest BCUT2D eigenvalue weighted by Gasteiger charge is -2.15. The number of methoxy groups -OCH3 is 2. The molecule has 7 heteroatoms. The minimum atomic E-state index is -0.477. The minimum Gasteiger partial charge on any atom is -0.493 e. The predicted octanol–water partition coefficient (Wildman–Crippen LogP) is 3.79. The molecule has 150 valence electrons. The monoisotopic (exact) mass is 394 g/mol. The van der Waals surface area contributed by atoms with Crippen molar-refractivity contribution in [3.8, 4) is 11.5 Å². The lowest BCUT2D eigenvalue weighted by Crippen LogP contribution is -2.25. The molecule has 0 aliphatic heterocycles. The maximum Gasteiger partial charge on any atom is 0.291 e. The summed E-state index contributed by atoms with van der Waals surface area (Å²) in [6.07, 6.45) is 1.40. The van der Waals surface area contributed by atoms with Gasteiger partial charge in [-0.05, 0) is 30.7 Å². The van der Waals surface area contributed by atoms with Gasteiger partial charge in [0.05, 0.1) is 31.7 Å². The number of aryl methyl sites for hydroxylation is 1. The van der Waals surface area contributed by atoms with Crippen LogP contribution in [-0.4, -0.2) is 26.0 Å². The molecule has 0 unspecified atom stereocenters. The second-order valence-corrected chi connectivity index (χ2v) is 6.35. The van der Waals surface area contributed by atoms with Gasteiger partial charge in [-0.1, -0.05) is 29.8 Å². The van der Waals surface area contributed by atoms with E-state index in [1.165, 1.54) is 32.6 Å². The number of amides is 2. The van der Waals surface area contributed by atoms with Gasteiger partial charge in [0.2, 0.25) is 0 Å². The normalized spacial score (nSPS) is 10.3. The van der Waals surface area contributed by atoms with Crippen molar-refractivity contribution in [2.24, 2.45) is 0 Å². The van der Waals surface area contributed by atoms with E-state index in [9.17, 15) is 9.59 Å². The van der Waals surface area contributed by atoms with Crippen LogP contribution in [0.4, 0.5) is 5.69 Å². The summed E-state index contributed by atoms with van der Waals surface area (Å²) >= 11 is 0. The van der Waals surface area contributed by atoms with Crippen LogP contribution >= 0.6 is 0 Å². The molecule has 0 saturated carbocycles. The number of carbonyl (C=O) groups excluding carboxylic acids is 2. The van der Waals surface area contributed by atoms with Crippen molar-refractivity contribution < 1.29 is 23.5 Å². The molecule has 7 nitrogen and oxygen atoms in total. The Labute approximate surface area is 168 Å². The zero-order chi connectivity index (χ0) is 20.8. The zero-order valence-electron chi connectivity index (χ0n) is 16.4. The molecule has 2 aromatic carbocycles. The number of carbonyl (C=O) groups is 2. The fourth-order valence-corrected chi connectivity index (χ4v) is 2.75. The smallest absolute Gasteiger partial charge is 0.291 e. The van der Waals surface area contributed by atoms with E-state index in [0.717, 1.165) is 11.1 Å². The molecule has 0 aliphatic rings. The van der Waals surface area contributed by atoms with Crippen molar-refractivity contribution in [3.63, 3.8) is 0 Å². The maximum absolute atomic E-state index is 12.9. The first-order valence-electron chi connectivity index (χ1n) is 8.96. The van der Waals surface area contributed by atoms with E-state index in [1.807, 2.05) is 31.2 Å². The van der Waals surface area contributed by atoms with E-state index in [0.29, 0.717) is 18.0 Å². The molecule has 3 aromatic rings. The van der Waals surface area contributed by atoms with E-state index in [4.69, 9.17) is 13.9 Å². The van der Waals surface area contributed by atoms with Crippen LogP contribution in [0.15, 0.2) is 59.2 Å². The van der Waals surface area contributed by atoms with E-state index in [-0.39, 0.29) is 22.9 Å². The lowest BCUT2D eigenvalue weighted by molar-refractivity contribution is 0.0951. The third kappa shape index (κ3) is 4.76. The highest BCUT2D eigenvalue weighted by Gasteiger charge is 2.20. The van der Waals surface area contributed by atoms with Gasteiger partial charge in [0, 0.05) is 12.6 Å². The van der Waals surface area contributed by atoms with Crippen LogP contribution in [-0.2, 0) is 6.54 Å². The Morgan fingerprint density at radius 3 is 2.28 bits per heavy atom. The Morgan fingerprint density at radius 1 is 0.966 bits per heavy atom. The Bertz CT molecular complexity index is 995. The molecule has 2 N–H and O–H groups in total.